The molecule has 2 aromatic carbocycles. The van der Waals surface area contributed by atoms with Crippen LogP contribution in [0.5, 0.6) is 0 Å². The van der Waals surface area contributed by atoms with Crippen molar-refractivity contribution in [2.45, 2.75) is 26.9 Å². The first kappa shape index (κ1) is 14.8. The van der Waals surface area contributed by atoms with Crippen molar-refractivity contribution in [2.24, 2.45) is 0 Å². The van der Waals surface area contributed by atoms with Gasteiger partial charge in [-0.15, -0.1) is 0 Å². The molecule has 0 heterocycles. The lowest BCUT2D eigenvalue weighted by atomic mass is 9.94. The summed E-state index contributed by atoms with van der Waals surface area (Å²) in [5, 5.41) is 0. The molecule has 0 radical (unpaired) electrons. The van der Waals surface area contributed by atoms with Crippen LogP contribution in [0, 0.1) is 13.8 Å². The van der Waals surface area contributed by atoms with Gasteiger partial charge in [0.25, 0.3) is 0 Å². The van der Waals surface area contributed by atoms with E-state index < -0.39 is 0 Å². The fourth-order valence-electron chi connectivity index (χ4n) is 2.35. The molecular weight excluding hydrogens is 260 g/mol. The molecule has 20 heavy (non-hydrogen) atoms. The van der Waals surface area contributed by atoms with Gasteiger partial charge in [0.1, 0.15) is 10.5 Å². The van der Waals surface area contributed by atoms with Crippen LogP contribution in [-0.4, -0.2) is 16.6 Å². The molecule has 0 saturated carbocycles. The van der Waals surface area contributed by atoms with Crippen LogP contribution < -0.4 is 0 Å². The summed E-state index contributed by atoms with van der Waals surface area (Å²) in [7, 11) is 0.744. The van der Waals surface area contributed by atoms with E-state index in [1.165, 1.54) is 27.8 Å². The zero-order valence-corrected chi connectivity index (χ0v) is 14.7. The average molecular weight is 282 g/mol. The molecule has 0 amide bonds. The summed E-state index contributed by atoms with van der Waals surface area (Å²) in [6.07, 6.45) is 2.39. The van der Waals surface area contributed by atoms with Crippen LogP contribution >= 0.6 is 0 Å². The van der Waals surface area contributed by atoms with Gasteiger partial charge in [-0.1, -0.05) is 48.5 Å². The van der Waals surface area contributed by atoms with Crippen molar-refractivity contribution in [2.75, 3.05) is 0 Å². The molecule has 2 aromatic rings. The zero-order valence-electron chi connectivity index (χ0n) is 12.7. The second kappa shape index (κ2) is 6.68. The van der Waals surface area contributed by atoms with Crippen molar-refractivity contribution >= 4 is 22.1 Å². The van der Waals surface area contributed by atoms with E-state index >= 15 is 0 Å². The van der Waals surface area contributed by atoms with Gasteiger partial charge in [-0.05, 0) is 54.7 Å². The molecule has 0 aliphatic carbocycles. The quantitative estimate of drug-likeness (QED) is 0.616. The molecule has 1 unspecified atom stereocenters. The van der Waals surface area contributed by atoms with Crippen molar-refractivity contribution in [1.29, 1.82) is 0 Å². The molecule has 0 fully saturated rings. The van der Waals surface area contributed by atoms with Crippen LogP contribution in [0.2, 0.25) is 0 Å². The number of aryl methyl sites for hydroxylation is 2. The van der Waals surface area contributed by atoms with Gasteiger partial charge in [0, 0.05) is 0 Å². The molecule has 1 nitrogen and oxygen atoms in total. The maximum atomic E-state index is 5.70. The maximum Gasteiger partial charge on any atom is 0.146 e. The van der Waals surface area contributed by atoms with Crippen LogP contribution in [0.1, 0.15) is 29.2 Å². The molecule has 0 N–H and O–H groups in total. The van der Waals surface area contributed by atoms with E-state index in [1.54, 1.807) is 0 Å². The normalized spacial score (nSPS) is 13.4. The molecule has 2 rings (SSSR count). The minimum absolute atomic E-state index is 0.127. The monoisotopic (exact) mass is 282 g/mol. The Morgan fingerprint density at radius 2 is 1.60 bits per heavy atom. The van der Waals surface area contributed by atoms with Crippen LogP contribution in [-0.2, 0) is 4.43 Å². The second-order valence-electron chi connectivity index (χ2n) is 5.15. The van der Waals surface area contributed by atoms with Crippen molar-refractivity contribution in [3.05, 3.63) is 70.8 Å². The van der Waals surface area contributed by atoms with Crippen molar-refractivity contribution in [3.8, 4) is 0 Å². The van der Waals surface area contributed by atoms with Gasteiger partial charge in [0.15, 0.2) is 0 Å². The summed E-state index contributed by atoms with van der Waals surface area (Å²) >= 11 is 0. The average Bonchev–Trinajstić information content (AvgIpc) is 2.47. The molecule has 0 saturated heterocycles. The van der Waals surface area contributed by atoms with Gasteiger partial charge in [-0.3, -0.25) is 0 Å². The summed E-state index contributed by atoms with van der Waals surface area (Å²) in [5.74, 6) is 0. The predicted octanol–water partition coefficient (Wildman–Crippen LogP) is 3.53. The molecule has 2 heteroatoms. The molecule has 1 atom stereocenters. The van der Waals surface area contributed by atoms with E-state index in [-0.39, 0.29) is 6.10 Å². The van der Waals surface area contributed by atoms with Crippen LogP contribution in [0.25, 0.3) is 11.6 Å². The van der Waals surface area contributed by atoms with Crippen molar-refractivity contribution < 1.29 is 4.43 Å². The molecule has 0 aromatic heterocycles. The molecular formula is C18H22OSi. The largest absolute Gasteiger partial charge is 0.421 e. The predicted molar refractivity (Wildman–Crippen MR) is 90.7 cm³/mol. The molecule has 0 aliphatic heterocycles. The Morgan fingerprint density at radius 3 is 2.20 bits per heavy atom. The Kier molecular flexibility index (Phi) is 4.93. The zero-order chi connectivity index (χ0) is 14.5. The highest BCUT2D eigenvalue weighted by Gasteiger charge is 2.12. The summed E-state index contributed by atoms with van der Waals surface area (Å²) < 4.78 is 5.70. The Balaban J connectivity index is 2.55. The number of benzene rings is 2. The highest BCUT2D eigenvalue weighted by atomic mass is 28.2. The first-order valence-electron chi connectivity index (χ1n) is 6.99. The number of hydrogen-bond donors (Lipinski definition) is 0. The maximum absolute atomic E-state index is 5.70. The topological polar surface area (TPSA) is 9.23 Å². The summed E-state index contributed by atoms with van der Waals surface area (Å²) in [5.41, 5.74) is 6.37. The smallest absolute Gasteiger partial charge is 0.146 e. The van der Waals surface area contributed by atoms with Crippen LogP contribution in [0.3, 0.4) is 0 Å². The van der Waals surface area contributed by atoms with Crippen LogP contribution in [0.15, 0.2) is 48.5 Å². The van der Waals surface area contributed by atoms with E-state index in [2.05, 4.69) is 75.4 Å². The van der Waals surface area contributed by atoms with Gasteiger partial charge in [0.2, 0.25) is 0 Å². The molecule has 0 spiro atoms. The second-order valence-corrected chi connectivity index (χ2v) is 5.62. The molecule has 0 aliphatic rings. The molecule has 0 bridgehead atoms. The first-order valence-corrected chi connectivity index (χ1v) is 7.81. The summed E-state index contributed by atoms with van der Waals surface area (Å²) in [6.45, 7) is 6.43. The highest BCUT2D eigenvalue weighted by molar-refractivity contribution is 5.99. The third-order valence-corrected chi connectivity index (χ3v) is 4.45. The first-order chi connectivity index (χ1) is 9.63. The minimum Gasteiger partial charge on any atom is -0.421 e. The van der Waals surface area contributed by atoms with Gasteiger partial charge in [0.05, 0.1) is 6.10 Å². The summed E-state index contributed by atoms with van der Waals surface area (Å²) in [6, 6.07) is 17.0. The number of rotatable bonds is 4. The van der Waals surface area contributed by atoms with Gasteiger partial charge >= 0.3 is 0 Å². The van der Waals surface area contributed by atoms with E-state index in [0.29, 0.717) is 0 Å². The van der Waals surface area contributed by atoms with Crippen molar-refractivity contribution in [3.63, 3.8) is 0 Å². The molecule has 104 valence electrons. The van der Waals surface area contributed by atoms with Crippen molar-refractivity contribution in [1.82, 2.24) is 0 Å². The Hall–Kier alpha value is -1.64. The van der Waals surface area contributed by atoms with E-state index in [9.17, 15) is 0 Å². The van der Waals surface area contributed by atoms with Gasteiger partial charge < -0.3 is 4.43 Å². The highest BCUT2D eigenvalue weighted by Crippen LogP contribution is 2.26. The standard InChI is InChI=1S/C18H22OSi/c1-13-8-4-6-10-16(13)12-18(15(3)19-20)17-11-7-5-9-14(17)2/h4-12,15H,1-3,20H3. The number of hydrogen-bond acceptors (Lipinski definition) is 1. The van der Waals surface area contributed by atoms with E-state index in [1.807, 2.05) is 0 Å². The Bertz CT molecular complexity index is 616. The van der Waals surface area contributed by atoms with Crippen LogP contribution in [0.4, 0.5) is 0 Å². The SMILES string of the molecule is Cc1ccccc1C=C(c1ccccc1C)C(C)O[SiH3]. The Labute approximate surface area is 124 Å². The van der Waals surface area contributed by atoms with E-state index in [4.69, 9.17) is 4.43 Å². The third kappa shape index (κ3) is 3.27. The lowest BCUT2D eigenvalue weighted by Crippen LogP contribution is -2.09. The minimum atomic E-state index is 0.127. The summed E-state index contributed by atoms with van der Waals surface area (Å²) in [4.78, 5) is 0. The van der Waals surface area contributed by atoms with Gasteiger partial charge in [-0.25, -0.2) is 0 Å². The lowest BCUT2D eigenvalue weighted by molar-refractivity contribution is 0.308. The van der Waals surface area contributed by atoms with Gasteiger partial charge in [-0.2, -0.15) is 0 Å². The fourth-order valence-corrected chi connectivity index (χ4v) is 2.61. The Morgan fingerprint density at radius 1 is 1.00 bits per heavy atom. The fraction of sp³-hybridized carbons (Fsp3) is 0.222. The van der Waals surface area contributed by atoms with E-state index in [0.717, 1.165) is 10.5 Å². The third-order valence-electron chi connectivity index (χ3n) is 3.75. The lowest BCUT2D eigenvalue weighted by Gasteiger charge is -2.18.